The summed E-state index contributed by atoms with van der Waals surface area (Å²) in [6.07, 6.45) is 4.43. The van der Waals surface area contributed by atoms with E-state index >= 15 is 0 Å². The number of hydrogen-bond acceptors (Lipinski definition) is 7. The molecule has 168 valence electrons. The van der Waals surface area contributed by atoms with E-state index in [1.165, 1.54) is 4.31 Å². The zero-order valence-electron chi connectivity index (χ0n) is 17.7. The fraction of sp³-hybridized carbons (Fsp3) is 0.571. The highest BCUT2D eigenvalue weighted by atomic mass is 32.2. The van der Waals surface area contributed by atoms with E-state index in [1.807, 2.05) is 0 Å². The van der Waals surface area contributed by atoms with Crippen LogP contribution < -0.4 is 5.32 Å². The summed E-state index contributed by atoms with van der Waals surface area (Å²) in [6.45, 7) is 3.30. The van der Waals surface area contributed by atoms with Gasteiger partial charge in [-0.25, -0.2) is 8.42 Å². The minimum atomic E-state index is -3.51. The lowest BCUT2D eigenvalue weighted by atomic mass is 9.96. The molecule has 1 amide bonds. The molecule has 1 saturated heterocycles. The van der Waals surface area contributed by atoms with E-state index in [1.54, 1.807) is 31.2 Å². The standard InChI is InChI=1S/C21H28N4O5S/c1-16-22-20(24-30-16)21(10-2-3-11-21)23-19(26)9-6-17-4-7-18(8-5-17)31(27,28)25-12-14-29-15-13-25/h4-5,7-8H,2-3,6,9-15H2,1H3,(H,23,26). The van der Waals surface area contributed by atoms with Gasteiger partial charge in [-0.1, -0.05) is 30.1 Å². The molecule has 1 aliphatic heterocycles. The van der Waals surface area contributed by atoms with Crippen LogP contribution in [0.2, 0.25) is 0 Å². The quantitative estimate of drug-likeness (QED) is 0.688. The first-order chi connectivity index (χ1) is 14.9. The SMILES string of the molecule is Cc1nc(C2(NC(=O)CCc3ccc(S(=O)(=O)N4CCOCC4)cc3)CCCC2)no1. The van der Waals surface area contributed by atoms with Gasteiger partial charge in [0.05, 0.1) is 18.1 Å². The molecule has 2 aliphatic rings. The third kappa shape index (κ3) is 4.81. The van der Waals surface area contributed by atoms with Gasteiger partial charge in [0.1, 0.15) is 5.54 Å². The van der Waals surface area contributed by atoms with Crippen molar-refractivity contribution in [3.05, 3.63) is 41.5 Å². The number of nitrogens with zero attached hydrogens (tertiary/aromatic N) is 3. The molecule has 9 nitrogen and oxygen atoms in total. The van der Waals surface area contributed by atoms with Gasteiger partial charge in [-0.3, -0.25) is 4.79 Å². The van der Waals surface area contributed by atoms with E-state index < -0.39 is 15.6 Å². The molecule has 2 fully saturated rings. The maximum absolute atomic E-state index is 12.7. The molecule has 31 heavy (non-hydrogen) atoms. The molecule has 1 saturated carbocycles. The number of aryl methyl sites for hydroxylation is 2. The van der Waals surface area contributed by atoms with Gasteiger partial charge < -0.3 is 14.6 Å². The average molecular weight is 449 g/mol. The van der Waals surface area contributed by atoms with Crippen LogP contribution in [-0.2, 0) is 31.5 Å². The molecule has 1 aliphatic carbocycles. The molecule has 4 rings (SSSR count). The highest BCUT2D eigenvalue weighted by Gasteiger charge is 2.41. The van der Waals surface area contributed by atoms with Gasteiger partial charge in [-0.05, 0) is 37.0 Å². The van der Waals surface area contributed by atoms with Crippen molar-refractivity contribution in [3.63, 3.8) is 0 Å². The van der Waals surface area contributed by atoms with Gasteiger partial charge in [-0.15, -0.1) is 0 Å². The van der Waals surface area contributed by atoms with Crippen molar-refractivity contribution in [3.8, 4) is 0 Å². The minimum Gasteiger partial charge on any atom is -0.379 e. The highest BCUT2D eigenvalue weighted by molar-refractivity contribution is 7.89. The number of sulfonamides is 1. The molecule has 1 aromatic heterocycles. The van der Waals surface area contributed by atoms with Crippen LogP contribution >= 0.6 is 0 Å². The van der Waals surface area contributed by atoms with Gasteiger partial charge in [0.25, 0.3) is 0 Å². The number of aromatic nitrogens is 2. The van der Waals surface area contributed by atoms with E-state index in [4.69, 9.17) is 9.26 Å². The normalized spacial score (nSPS) is 19.4. The van der Waals surface area contributed by atoms with E-state index in [-0.39, 0.29) is 10.8 Å². The lowest BCUT2D eigenvalue weighted by Gasteiger charge is -2.27. The molecular formula is C21H28N4O5S. The summed E-state index contributed by atoms with van der Waals surface area (Å²) in [6, 6.07) is 6.76. The number of carbonyl (C=O) groups excluding carboxylic acids is 1. The fourth-order valence-electron chi connectivity index (χ4n) is 4.23. The van der Waals surface area contributed by atoms with E-state index in [0.29, 0.717) is 50.9 Å². The Hall–Kier alpha value is -2.30. The van der Waals surface area contributed by atoms with Crippen LogP contribution in [0.25, 0.3) is 0 Å². The number of hydrogen-bond donors (Lipinski definition) is 1. The third-order valence-electron chi connectivity index (χ3n) is 5.96. The van der Waals surface area contributed by atoms with Crippen LogP contribution in [-0.4, -0.2) is 55.1 Å². The molecule has 0 bridgehead atoms. The van der Waals surface area contributed by atoms with Gasteiger partial charge in [-0.2, -0.15) is 9.29 Å². The van der Waals surface area contributed by atoms with Gasteiger partial charge in [0.15, 0.2) is 5.82 Å². The summed E-state index contributed by atoms with van der Waals surface area (Å²) >= 11 is 0. The summed E-state index contributed by atoms with van der Waals surface area (Å²) in [5.74, 6) is 0.963. The van der Waals surface area contributed by atoms with Crippen LogP contribution in [0, 0.1) is 6.92 Å². The van der Waals surface area contributed by atoms with Crippen LogP contribution in [0.3, 0.4) is 0 Å². The zero-order valence-corrected chi connectivity index (χ0v) is 18.5. The Balaban J connectivity index is 1.36. The first-order valence-corrected chi connectivity index (χ1v) is 12.1. The first kappa shape index (κ1) is 21.9. The Morgan fingerprint density at radius 1 is 1.16 bits per heavy atom. The van der Waals surface area contributed by atoms with Crippen molar-refractivity contribution in [1.29, 1.82) is 0 Å². The molecule has 10 heteroatoms. The third-order valence-corrected chi connectivity index (χ3v) is 7.88. The highest BCUT2D eigenvalue weighted by Crippen LogP contribution is 2.37. The maximum atomic E-state index is 12.7. The molecule has 1 N–H and O–H groups in total. The average Bonchev–Trinajstić information content (AvgIpc) is 3.43. The van der Waals surface area contributed by atoms with Crippen molar-refractivity contribution in [2.45, 2.75) is 55.9 Å². The monoisotopic (exact) mass is 448 g/mol. The Kier molecular flexibility index (Phi) is 6.40. The molecule has 0 unspecified atom stereocenters. The summed E-state index contributed by atoms with van der Waals surface area (Å²) in [5, 5.41) is 7.18. The lowest BCUT2D eigenvalue weighted by Crippen LogP contribution is -2.44. The second-order valence-electron chi connectivity index (χ2n) is 8.13. The molecule has 0 spiro atoms. The number of carbonyl (C=O) groups is 1. The largest absolute Gasteiger partial charge is 0.379 e. The van der Waals surface area contributed by atoms with Crippen LogP contribution in [0.4, 0.5) is 0 Å². The number of ether oxygens (including phenoxy) is 1. The fourth-order valence-corrected chi connectivity index (χ4v) is 5.64. The Morgan fingerprint density at radius 2 is 1.84 bits per heavy atom. The topological polar surface area (TPSA) is 115 Å². The van der Waals surface area contributed by atoms with Crippen molar-refractivity contribution < 1.29 is 22.5 Å². The summed E-state index contributed by atoms with van der Waals surface area (Å²) in [5.41, 5.74) is 0.359. The van der Waals surface area contributed by atoms with Crippen LogP contribution in [0.1, 0.15) is 49.4 Å². The van der Waals surface area contributed by atoms with E-state index in [9.17, 15) is 13.2 Å². The van der Waals surface area contributed by atoms with Crippen molar-refractivity contribution in [2.75, 3.05) is 26.3 Å². The van der Waals surface area contributed by atoms with Gasteiger partial charge >= 0.3 is 0 Å². The summed E-state index contributed by atoms with van der Waals surface area (Å²) < 4.78 is 37.2. The number of benzene rings is 1. The molecule has 1 aromatic carbocycles. The molecule has 0 atom stereocenters. The smallest absolute Gasteiger partial charge is 0.243 e. The molecule has 2 heterocycles. The second-order valence-corrected chi connectivity index (χ2v) is 10.1. The van der Waals surface area contributed by atoms with Gasteiger partial charge in [0.2, 0.25) is 21.8 Å². The predicted octanol–water partition coefficient (Wildman–Crippen LogP) is 1.92. The zero-order chi connectivity index (χ0) is 21.9. The lowest BCUT2D eigenvalue weighted by molar-refractivity contribution is -0.123. The summed E-state index contributed by atoms with van der Waals surface area (Å²) in [7, 11) is -3.51. The second kappa shape index (κ2) is 9.05. The first-order valence-electron chi connectivity index (χ1n) is 10.7. The van der Waals surface area contributed by atoms with Gasteiger partial charge in [0, 0.05) is 26.4 Å². The maximum Gasteiger partial charge on any atom is 0.243 e. The van der Waals surface area contributed by atoms with Crippen LogP contribution in [0.5, 0.6) is 0 Å². The molecule has 2 aromatic rings. The summed E-state index contributed by atoms with van der Waals surface area (Å²) in [4.78, 5) is 17.3. The number of rotatable bonds is 7. The Morgan fingerprint density at radius 3 is 2.45 bits per heavy atom. The van der Waals surface area contributed by atoms with Crippen molar-refractivity contribution in [1.82, 2.24) is 19.8 Å². The Bertz CT molecular complexity index is 1010. The number of nitrogens with one attached hydrogen (secondary N) is 1. The molecular weight excluding hydrogens is 420 g/mol. The van der Waals surface area contributed by atoms with Crippen molar-refractivity contribution in [2.24, 2.45) is 0 Å². The van der Waals surface area contributed by atoms with Crippen molar-refractivity contribution >= 4 is 15.9 Å². The minimum absolute atomic E-state index is 0.0747. The number of morpholine rings is 1. The van der Waals surface area contributed by atoms with Crippen LogP contribution in [0.15, 0.2) is 33.7 Å². The predicted molar refractivity (Wildman–Crippen MR) is 112 cm³/mol. The molecule has 0 radical (unpaired) electrons. The van der Waals surface area contributed by atoms with E-state index in [2.05, 4.69) is 15.5 Å². The van der Waals surface area contributed by atoms with E-state index in [0.717, 1.165) is 31.2 Å². The number of amides is 1. The Labute approximate surface area is 182 Å².